The van der Waals surface area contributed by atoms with Crippen molar-refractivity contribution in [2.75, 3.05) is 6.54 Å². The first-order valence-corrected chi connectivity index (χ1v) is 10.6. The van der Waals surface area contributed by atoms with Crippen molar-refractivity contribution in [2.45, 2.75) is 6.61 Å². The molecule has 2 amide bonds. The minimum absolute atomic E-state index is 0.0493. The topological polar surface area (TPSA) is 70.4 Å². The largest absolute Gasteiger partial charge is 0.486 e. The van der Waals surface area contributed by atoms with Gasteiger partial charge in [-0.2, -0.15) is 5.26 Å². The zero-order valence-electron chi connectivity index (χ0n) is 14.8. The number of ether oxygens (including phenoxy) is 1. The molecule has 1 fully saturated rings. The molecular weight excluding hydrogens is 520 g/mol. The number of carbonyl (C=O) groups excluding carboxylic acids is 2. The van der Waals surface area contributed by atoms with Gasteiger partial charge in [0.2, 0.25) is 0 Å². The van der Waals surface area contributed by atoms with E-state index in [1.165, 1.54) is 0 Å². The van der Waals surface area contributed by atoms with Crippen molar-refractivity contribution >= 4 is 60.8 Å². The SMILES string of the molecule is C#CCN1C(=O)S/C(=C\c2cc(Br)c(OCc3ccccc3C#N)c(Br)c2)C1=O. The molecule has 1 aliphatic rings. The molecule has 144 valence electrons. The summed E-state index contributed by atoms with van der Waals surface area (Å²) in [4.78, 5) is 25.6. The van der Waals surface area contributed by atoms with E-state index in [1.807, 2.05) is 12.1 Å². The van der Waals surface area contributed by atoms with Crippen LogP contribution in [0.3, 0.4) is 0 Å². The van der Waals surface area contributed by atoms with Crippen molar-refractivity contribution in [2.24, 2.45) is 0 Å². The summed E-state index contributed by atoms with van der Waals surface area (Å²) >= 11 is 7.81. The fourth-order valence-electron chi connectivity index (χ4n) is 2.58. The molecule has 0 bridgehead atoms. The zero-order chi connectivity index (χ0) is 21.0. The molecular formula is C21H12Br2N2O3S. The third-order valence-electron chi connectivity index (χ3n) is 3.95. The summed E-state index contributed by atoms with van der Waals surface area (Å²) < 4.78 is 7.21. The van der Waals surface area contributed by atoms with Gasteiger partial charge in [0.15, 0.2) is 0 Å². The minimum atomic E-state index is -0.404. The lowest BCUT2D eigenvalue weighted by Gasteiger charge is -2.12. The molecule has 0 aromatic heterocycles. The van der Waals surface area contributed by atoms with Crippen molar-refractivity contribution in [1.29, 1.82) is 5.26 Å². The number of thioether (sulfide) groups is 1. The number of nitrogens with zero attached hydrogens (tertiary/aromatic N) is 2. The molecule has 0 radical (unpaired) electrons. The smallest absolute Gasteiger partial charge is 0.294 e. The van der Waals surface area contributed by atoms with Crippen LogP contribution >= 0.6 is 43.6 Å². The Balaban J connectivity index is 1.81. The number of hydrogen-bond donors (Lipinski definition) is 0. The van der Waals surface area contributed by atoms with Crippen LogP contribution in [0.5, 0.6) is 5.75 Å². The highest BCUT2D eigenvalue weighted by Gasteiger charge is 2.34. The number of hydrogen-bond acceptors (Lipinski definition) is 5. The van der Waals surface area contributed by atoms with E-state index in [0.717, 1.165) is 22.2 Å². The first kappa shape index (κ1) is 21.2. The Morgan fingerprint density at radius 1 is 1.21 bits per heavy atom. The summed E-state index contributed by atoms with van der Waals surface area (Å²) in [7, 11) is 0. The number of terminal acetylenes is 1. The van der Waals surface area contributed by atoms with Crippen LogP contribution in [0.4, 0.5) is 4.79 Å². The lowest BCUT2D eigenvalue weighted by Crippen LogP contribution is -2.28. The van der Waals surface area contributed by atoms with E-state index < -0.39 is 5.91 Å². The Bertz CT molecular complexity index is 1090. The summed E-state index contributed by atoms with van der Waals surface area (Å²) in [6.07, 6.45) is 6.84. The third kappa shape index (κ3) is 4.73. The number of nitriles is 1. The lowest BCUT2D eigenvalue weighted by atomic mass is 10.1. The number of rotatable bonds is 5. The second kappa shape index (κ2) is 9.32. The van der Waals surface area contributed by atoms with Gasteiger partial charge in [0.25, 0.3) is 11.1 Å². The first-order valence-electron chi connectivity index (χ1n) is 8.23. The fraction of sp³-hybridized carbons (Fsp3) is 0.0952. The molecule has 0 saturated carbocycles. The quantitative estimate of drug-likeness (QED) is 0.385. The molecule has 1 heterocycles. The van der Waals surface area contributed by atoms with E-state index in [-0.39, 0.29) is 18.4 Å². The predicted octanol–water partition coefficient (Wildman–Crippen LogP) is 5.33. The Hall–Kier alpha value is -2.52. The van der Waals surface area contributed by atoms with Gasteiger partial charge in [0.05, 0.1) is 32.0 Å². The number of benzene rings is 2. The summed E-state index contributed by atoms with van der Waals surface area (Å²) in [5.41, 5.74) is 2.04. The average Bonchev–Trinajstić information content (AvgIpc) is 2.95. The normalized spacial score (nSPS) is 14.8. The molecule has 0 atom stereocenters. The molecule has 2 aromatic rings. The number of halogens is 2. The molecule has 2 aromatic carbocycles. The summed E-state index contributed by atoms with van der Waals surface area (Å²) in [5, 5.41) is 8.81. The van der Waals surface area contributed by atoms with E-state index in [2.05, 4.69) is 43.8 Å². The Labute approximate surface area is 189 Å². The molecule has 0 N–H and O–H groups in total. The average molecular weight is 532 g/mol. The van der Waals surface area contributed by atoms with E-state index in [4.69, 9.17) is 11.2 Å². The highest BCUT2D eigenvalue weighted by molar-refractivity contribution is 9.11. The van der Waals surface area contributed by atoms with Gasteiger partial charge in [-0.1, -0.05) is 24.1 Å². The maximum Gasteiger partial charge on any atom is 0.294 e. The van der Waals surface area contributed by atoms with E-state index in [9.17, 15) is 14.9 Å². The molecule has 1 saturated heterocycles. The first-order chi connectivity index (χ1) is 13.9. The zero-order valence-corrected chi connectivity index (χ0v) is 18.8. The van der Waals surface area contributed by atoms with Crippen LogP contribution < -0.4 is 4.74 Å². The maximum atomic E-state index is 12.3. The number of amides is 2. The van der Waals surface area contributed by atoms with E-state index >= 15 is 0 Å². The Kier molecular flexibility index (Phi) is 6.81. The van der Waals surface area contributed by atoms with Crippen LogP contribution in [0.2, 0.25) is 0 Å². The molecule has 29 heavy (non-hydrogen) atoms. The standard InChI is InChI=1S/C21H12Br2N2O3S/c1-2-7-25-20(26)18(29-21(25)27)10-13-8-16(22)19(17(23)9-13)28-12-15-6-4-3-5-14(15)11-24/h1,3-6,8-10H,7,12H2/b18-10-. The molecule has 5 nitrogen and oxygen atoms in total. The second-order valence-corrected chi connectivity index (χ2v) is 8.55. The second-order valence-electron chi connectivity index (χ2n) is 5.84. The van der Waals surface area contributed by atoms with Crippen LogP contribution in [0.1, 0.15) is 16.7 Å². The fourth-order valence-corrected chi connectivity index (χ4v) is 4.87. The number of carbonyl (C=O) groups is 2. The summed E-state index contributed by atoms with van der Waals surface area (Å²) in [5.74, 6) is 2.47. The minimum Gasteiger partial charge on any atom is -0.486 e. The van der Waals surface area contributed by atoms with Gasteiger partial charge in [-0.15, -0.1) is 6.42 Å². The maximum absolute atomic E-state index is 12.3. The summed E-state index contributed by atoms with van der Waals surface area (Å²) in [6, 6.07) is 12.9. The molecule has 8 heteroatoms. The van der Waals surface area contributed by atoms with Gasteiger partial charge in [-0.05, 0) is 73.5 Å². The molecule has 1 aliphatic heterocycles. The number of imide groups is 1. The molecule has 3 rings (SSSR count). The van der Waals surface area contributed by atoms with Crippen molar-refractivity contribution in [3.8, 4) is 24.2 Å². The molecule has 0 unspecified atom stereocenters. The van der Waals surface area contributed by atoms with Crippen molar-refractivity contribution < 1.29 is 14.3 Å². The highest BCUT2D eigenvalue weighted by atomic mass is 79.9. The third-order valence-corrected chi connectivity index (χ3v) is 6.04. The van der Waals surface area contributed by atoms with Gasteiger partial charge >= 0.3 is 0 Å². The van der Waals surface area contributed by atoms with E-state index in [0.29, 0.717) is 30.7 Å². The molecule has 0 spiro atoms. The van der Waals surface area contributed by atoms with Crippen LogP contribution in [-0.4, -0.2) is 22.6 Å². The van der Waals surface area contributed by atoms with Crippen LogP contribution in [0.25, 0.3) is 6.08 Å². The summed E-state index contributed by atoms with van der Waals surface area (Å²) in [6.45, 7) is 0.178. The van der Waals surface area contributed by atoms with Crippen LogP contribution in [0.15, 0.2) is 50.2 Å². The predicted molar refractivity (Wildman–Crippen MR) is 119 cm³/mol. The van der Waals surface area contributed by atoms with Gasteiger partial charge in [0, 0.05) is 5.56 Å². The van der Waals surface area contributed by atoms with Crippen LogP contribution in [-0.2, 0) is 11.4 Å². The highest BCUT2D eigenvalue weighted by Crippen LogP contribution is 2.38. The Morgan fingerprint density at radius 3 is 2.55 bits per heavy atom. The van der Waals surface area contributed by atoms with Gasteiger partial charge < -0.3 is 4.74 Å². The van der Waals surface area contributed by atoms with E-state index in [1.54, 1.807) is 30.3 Å². The lowest BCUT2D eigenvalue weighted by molar-refractivity contribution is -0.122. The van der Waals surface area contributed by atoms with Crippen molar-refractivity contribution in [3.63, 3.8) is 0 Å². The van der Waals surface area contributed by atoms with Gasteiger partial charge in [-0.25, -0.2) is 0 Å². The van der Waals surface area contributed by atoms with Crippen molar-refractivity contribution in [1.82, 2.24) is 4.90 Å². The monoisotopic (exact) mass is 530 g/mol. The van der Waals surface area contributed by atoms with Crippen LogP contribution in [0, 0.1) is 23.7 Å². The van der Waals surface area contributed by atoms with Crippen molar-refractivity contribution in [3.05, 3.63) is 66.9 Å². The van der Waals surface area contributed by atoms with Gasteiger partial charge in [0.1, 0.15) is 12.4 Å². The van der Waals surface area contributed by atoms with Gasteiger partial charge in [-0.3, -0.25) is 14.5 Å². The molecule has 0 aliphatic carbocycles. The Morgan fingerprint density at radius 2 is 1.90 bits per heavy atom.